The van der Waals surface area contributed by atoms with Crippen molar-refractivity contribution in [2.75, 3.05) is 31.1 Å². The van der Waals surface area contributed by atoms with Gasteiger partial charge < -0.3 is 25.1 Å². The van der Waals surface area contributed by atoms with Crippen molar-refractivity contribution in [2.45, 2.75) is 25.6 Å². The molecule has 4 rings (SSSR count). The number of fused-ring (bicyclic) bond motifs is 1. The number of benzene rings is 1. The highest BCUT2D eigenvalue weighted by molar-refractivity contribution is 6.38. The Hall–Kier alpha value is -2.72. The summed E-state index contributed by atoms with van der Waals surface area (Å²) in [4.78, 5) is 30.9. The topological polar surface area (TPSA) is 110 Å². The molecule has 2 aliphatic rings. The molecule has 0 amide bonds. The first-order valence-electron chi connectivity index (χ1n) is 9.86. The number of hydrogen-bond donors (Lipinski definition) is 2. The summed E-state index contributed by atoms with van der Waals surface area (Å²) in [6.07, 6.45) is 0.0409. The molecular weight excluding hydrogens is 434 g/mol. The summed E-state index contributed by atoms with van der Waals surface area (Å²) in [5.41, 5.74) is 5.17. The van der Waals surface area contributed by atoms with E-state index in [0.717, 1.165) is 12.3 Å². The number of alkyl halides is 1. The Kier molecular flexibility index (Phi) is 5.61. The van der Waals surface area contributed by atoms with E-state index < -0.39 is 35.0 Å². The van der Waals surface area contributed by atoms with Gasteiger partial charge in [0.1, 0.15) is 24.2 Å². The summed E-state index contributed by atoms with van der Waals surface area (Å²) >= 11 is 6.58. The molecule has 0 spiro atoms. The van der Waals surface area contributed by atoms with Crippen LogP contribution in [0.1, 0.15) is 29.7 Å². The van der Waals surface area contributed by atoms with Gasteiger partial charge in [-0.05, 0) is 13.0 Å². The number of carboxylic acids is 1. The van der Waals surface area contributed by atoms with E-state index in [1.165, 1.54) is 4.57 Å². The fourth-order valence-corrected chi connectivity index (χ4v) is 4.38. The summed E-state index contributed by atoms with van der Waals surface area (Å²) in [7, 11) is 0. The second-order valence-electron chi connectivity index (χ2n) is 7.63. The van der Waals surface area contributed by atoms with E-state index >= 15 is 4.39 Å². The molecule has 3 atom stereocenters. The molecule has 0 radical (unpaired) electrons. The molecule has 166 valence electrons. The zero-order valence-corrected chi connectivity index (χ0v) is 17.4. The van der Waals surface area contributed by atoms with Crippen LogP contribution >= 0.6 is 11.6 Å². The maximum Gasteiger partial charge on any atom is 0.341 e. The molecular formula is C20H21ClF2N4O4. The van der Waals surface area contributed by atoms with Crippen molar-refractivity contribution < 1.29 is 23.5 Å². The van der Waals surface area contributed by atoms with Gasteiger partial charge in [0.05, 0.1) is 39.9 Å². The van der Waals surface area contributed by atoms with Crippen molar-refractivity contribution in [3.63, 3.8) is 0 Å². The van der Waals surface area contributed by atoms with Crippen molar-refractivity contribution in [3.8, 4) is 0 Å². The Morgan fingerprint density at radius 2 is 2.19 bits per heavy atom. The molecule has 1 aliphatic heterocycles. The highest BCUT2D eigenvalue weighted by atomic mass is 35.5. The first-order valence-corrected chi connectivity index (χ1v) is 10.2. The smallest absolute Gasteiger partial charge is 0.341 e. The van der Waals surface area contributed by atoms with E-state index in [9.17, 15) is 19.1 Å². The summed E-state index contributed by atoms with van der Waals surface area (Å²) in [5.74, 6) is -2.43. The van der Waals surface area contributed by atoms with E-state index in [1.807, 2.05) is 0 Å². The number of carboxylic acid groups (broad SMARTS) is 1. The number of pyridine rings is 1. The number of nitrogens with zero attached hydrogens (tertiary/aromatic N) is 3. The quantitative estimate of drug-likeness (QED) is 0.649. The molecule has 11 heteroatoms. The van der Waals surface area contributed by atoms with Crippen LogP contribution in [-0.4, -0.2) is 53.8 Å². The monoisotopic (exact) mass is 454 g/mol. The van der Waals surface area contributed by atoms with E-state index in [-0.39, 0.29) is 47.0 Å². The molecule has 2 heterocycles. The van der Waals surface area contributed by atoms with Gasteiger partial charge in [-0.25, -0.2) is 13.6 Å². The zero-order valence-electron chi connectivity index (χ0n) is 16.6. The maximum absolute atomic E-state index is 15.2. The molecule has 31 heavy (non-hydrogen) atoms. The average molecular weight is 455 g/mol. The minimum absolute atomic E-state index is 0.0293. The molecule has 3 N–H and O–H groups in total. The third-order valence-electron chi connectivity index (χ3n) is 5.63. The summed E-state index contributed by atoms with van der Waals surface area (Å²) in [6.45, 7) is 2.98. The van der Waals surface area contributed by atoms with Crippen LogP contribution in [0, 0.1) is 11.7 Å². The average Bonchev–Trinajstić information content (AvgIpc) is 3.31. The predicted octanol–water partition coefficient (Wildman–Crippen LogP) is 2.56. The molecule has 1 unspecified atom stereocenters. The van der Waals surface area contributed by atoms with Crippen molar-refractivity contribution in [1.29, 1.82) is 0 Å². The van der Waals surface area contributed by atoms with Crippen LogP contribution in [0.3, 0.4) is 0 Å². The highest BCUT2D eigenvalue weighted by Crippen LogP contribution is 2.44. The fourth-order valence-electron chi connectivity index (χ4n) is 3.97. The third kappa shape index (κ3) is 3.63. The molecule has 1 aromatic heterocycles. The first-order chi connectivity index (χ1) is 14.8. The number of anilines is 1. The van der Waals surface area contributed by atoms with Gasteiger partial charge in [0.2, 0.25) is 5.43 Å². The van der Waals surface area contributed by atoms with Crippen LogP contribution < -0.4 is 16.1 Å². The number of carbonyl (C=O) groups is 1. The highest BCUT2D eigenvalue weighted by Gasteiger charge is 2.41. The molecule has 1 saturated carbocycles. The molecule has 2 aromatic rings. The van der Waals surface area contributed by atoms with Gasteiger partial charge in [-0.15, -0.1) is 0 Å². The number of nitrogens with two attached hydrogens (primary N) is 1. The molecule has 1 aliphatic carbocycles. The van der Waals surface area contributed by atoms with Gasteiger partial charge in [-0.2, -0.15) is 0 Å². The SMILES string of the molecule is CCO/N=C1/CN(c2c(F)cc3c(=O)c(C(=O)O)cn([C@@H]4C[C@@H]4F)c3c2Cl)CC1CN. The van der Waals surface area contributed by atoms with Crippen molar-refractivity contribution >= 4 is 39.9 Å². The minimum Gasteiger partial charge on any atom is -0.477 e. The van der Waals surface area contributed by atoms with Crippen LogP contribution in [0.4, 0.5) is 14.5 Å². The van der Waals surface area contributed by atoms with E-state index in [1.54, 1.807) is 11.8 Å². The van der Waals surface area contributed by atoms with E-state index in [0.29, 0.717) is 18.9 Å². The van der Waals surface area contributed by atoms with Crippen LogP contribution in [-0.2, 0) is 4.84 Å². The number of halogens is 3. The summed E-state index contributed by atoms with van der Waals surface area (Å²) < 4.78 is 30.4. The Labute approximate surface area is 180 Å². The van der Waals surface area contributed by atoms with Crippen molar-refractivity contribution in [3.05, 3.63) is 38.9 Å². The fraction of sp³-hybridized carbons (Fsp3) is 0.450. The molecule has 2 fully saturated rings. The minimum atomic E-state index is -1.47. The van der Waals surface area contributed by atoms with Crippen LogP contribution in [0.2, 0.25) is 5.02 Å². The van der Waals surface area contributed by atoms with Crippen molar-refractivity contribution in [2.24, 2.45) is 16.8 Å². The number of aromatic nitrogens is 1. The van der Waals surface area contributed by atoms with Gasteiger partial charge in [0, 0.05) is 31.6 Å². The van der Waals surface area contributed by atoms with Crippen LogP contribution in [0.5, 0.6) is 0 Å². The van der Waals surface area contributed by atoms with Gasteiger partial charge in [-0.1, -0.05) is 16.8 Å². The standard InChI is InChI=1S/C20H21ClF2N4O4/c1-2-31-25-14-8-26(6-9(14)5-24)18-13(23)3-10-17(16(18)21)27(15-4-12(15)22)7-11(19(10)28)20(29)30/h3,7,9,12,15H,2,4-6,8,24H2,1H3,(H,29,30)/b25-14-/t9?,12-,15+/m0/s1. The lowest BCUT2D eigenvalue weighted by Gasteiger charge is -2.22. The number of aromatic carboxylic acids is 1. The summed E-state index contributed by atoms with van der Waals surface area (Å²) in [5, 5.41) is 13.1. The van der Waals surface area contributed by atoms with E-state index in [2.05, 4.69) is 5.16 Å². The molecule has 1 saturated heterocycles. The summed E-state index contributed by atoms with van der Waals surface area (Å²) in [6, 6.07) is 0.300. The Morgan fingerprint density at radius 1 is 1.48 bits per heavy atom. The lowest BCUT2D eigenvalue weighted by molar-refractivity contribution is 0.0694. The van der Waals surface area contributed by atoms with Gasteiger partial charge >= 0.3 is 5.97 Å². The molecule has 1 aromatic carbocycles. The lowest BCUT2D eigenvalue weighted by atomic mass is 10.1. The lowest BCUT2D eigenvalue weighted by Crippen LogP contribution is -2.25. The van der Waals surface area contributed by atoms with Crippen LogP contribution in [0.15, 0.2) is 22.2 Å². The second kappa shape index (κ2) is 8.08. The van der Waals surface area contributed by atoms with Crippen LogP contribution in [0.25, 0.3) is 10.9 Å². The normalized spacial score (nSPS) is 24.2. The third-order valence-corrected chi connectivity index (χ3v) is 5.99. The molecule has 0 bridgehead atoms. The Morgan fingerprint density at radius 3 is 2.77 bits per heavy atom. The Bertz CT molecular complexity index is 1150. The largest absolute Gasteiger partial charge is 0.477 e. The number of hydrogen-bond acceptors (Lipinski definition) is 6. The Balaban J connectivity index is 1.90. The first kappa shape index (κ1) is 21.5. The zero-order chi connectivity index (χ0) is 22.4. The maximum atomic E-state index is 15.2. The number of rotatable bonds is 6. The molecule has 8 nitrogen and oxygen atoms in total. The van der Waals surface area contributed by atoms with Crippen molar-refractivity contribution in [1.82, 2.24) is 4.57 Å². The van der Waals surface area contributed by atoms with Gasteiger partial charge in [0.15, 0.2) is 0 Å². The van der Waals surface area contributed by atoms with Gasteiger partial charge in [-0.3, -0.25) is 4.79 Å². The van der Waals surface area contributed by atoms with E-state index in [4.69, 9.17) is 22.2 Å². The predicted molar refractivity (Wildman–Crippen MR) is 113 cm³/mol. The number of oxime groups is 1. The van der Waals surface area contributed by atoms with Gasteiger partial charge in [0.25, 0.3) is 0 Å². The second-order valence-corrected chi connectivity index (χ2v) is 8.01.